The van der Waals surface area contributed by atoms with Gasteiger partial charge >= 0.3 is 0 Å². The first-order valence-corrected chi connectivity index (χ1v) is 2.08. The molecule has 0 aliphatic rings. The summed E-state index contributed by atoms with van der Waals surface area (Å²) in [5, 5.41) is 0. The van der Waals surface area contributed by atoms with Gasteiger partial charge in [-0.2, -0.15) is 0 Å². The number of nitrogens with two attached hydrogens (primary N) is 2. The van der Waals surface area contributed by atoms with E-state index in [-0.39, 0.29) is 0 Å². The van der Waals surface area contributed by atoms with E-state index in [1.165, 1.54) is 6.20 Å². The van der Waals surface area contributed by atoms with Crippen molar-refractivity contribution in [1.82, 2.24) is 0 Å². The number of hydrogen-bond donors (Lipinski definition) is 2. The Morgan fingerprint density at radius 1 is 1.57 bits per heavy atom. The van der Waals surface area contributed by atoms with Gasteiger partial charge in [0.15, 0.2) is 7.85 Å². The molecule has 0 saturated carbocycles. The van der Waals surface area contributed by atoms with E-state index in [0.29, 0.717) is 0 Å². The molecule has 0 heterocycles. The van der Waals surface area contributed by atoms with Crippen molar-refractivity contribution in [3.63, 3.8) is 0 Å². The summed E-state index contributed by atoms with van der Waals surface area (Å²) >= 11 is 0. The Morgan fingerprint density at radius 3 is 2.29 bits per heavy atom. The van der Waals surface area contributed by atoms with Gasteiger partial charge in [-0.3, -0.25) is 0 Å². The van der Waals surface area contributed by atoms with Crippen LogP contribution in [0.3, 0.4) is 0 Å². The molecule has 0 aromatic heterocycles. The highest BCUT2D eigenvalue weighted by molar-refractivity contribution is 6.21. The van der Waals surface area contributed by atoms with Crippen molar-refractivity contribution in [1.29, 1.82) is 0 Å². The van der Waals surface area contributed by atoms with Gasteiger partial charge in [-0.25, -0.2) is 0 Å². The SMILES string of the molecule is B/C(N)=C/C=C\N. The molecule has 0 fully saturated rings. The molecule has 0 rings (SSSR count). The van der Waals surface area contributed by atoms with Crippen molar-refractivity contribution >= 4 is 7.85 Å². The molecule has 0 aromatic rings. The number of rotatable bonds is 1. The van der Waals surface area contributed by atoms with Gasteiger partial charge in [0, 0.05) is 0 Å². The zero-order valence-electron chi connectivity index (χ0n) is 4.39. The van der Waals surface area contributed by atoms with Crippen LogP contribution in [0, 0.1) is 0 Å². The molecule has 0 radical (unpaired) electrons. The van der Waals surface area contributed by atoms with E-state index in [1.54, 1.807) is 20.0 Å². The van der Waals surface area contributed by atoms with Gasteiger partial charge in [-0.05, 0) is 17.9 Å². The summed E-state index contributed by atoms with van der Waals surface area (Å²) in [6, 6.07) is 0. The van der Waals surface area contributed by atoms with Crippen molar-refractivity contribution < 1.29 is 0 Å². The molecule has 0 spiro atoms. The summed E-state index contributed by atoms with van der Waals surface area (Å²) in [4.78, 5) is 0. The molecular weight excluding hydrogens is 86.9 g/mol. The van der Waals surface area contributed by atoms with Crippen molar-refractivity contribution in [3.05, 3.63) is 23.9 Å². The maximum atomic E-state index is 5.23. The molecule has 0 bridgehead atoms. The first-order valence-electron chi connectivity index (χ1n) is 2.08. The quantitative estimate of drug-likeness (QED) is 0.321. The van der Waals surface area contributed by atoms with E-state index in [4.69, 9.17) is 11.5 Å². The molecule has 0 aliphatic heterocycles. The van der Waals surface area contributed by atoms with Gasteiger partial charge in [0.05, 0.1) is 0 Å². The molecule has 0 atom stereocenters. The molecule has 0 unspecified atom stereocenters. The van der Waals surface area contributed by atoms with Crippen LogP contribution in [-0.2, 0) is 0 Å². The van der Waals surface area contributed by atoms with Crippen LogP contribution in [-0.4, -0.2) is 7.85 Å². The van der Waals surface area contributed by atoms with E-state index in [9.17, 15) is 0 Å². The average Bonchev–Trinajstić information content (AvgIpc) is 1.61. The van der Waals surface area contributed by atoms with Gasteiger partial charge < -0.3 is 11.5 Å². The zero-order valence-corrected chi connectivity index (χ0v) is 4.39. The fourth-order valence-corrected chi connectivity index (χ4v) is 0.207. The number of allylic oxidation sites excluding steroid dienone is 2. The molecule has 3 heteroatoms. The van der Waals surface area contributed by atoms with E-state index in [0.717, 1.165) is 5.60 Å². The van der Waals surface area contributed by atoms with Crippen molar-refractivity contribution in [2.24, 2.45) is 11.5 Å². The second-order valence-corrected chi connectivity index (χ2v) is 1.30. The Balaban J connectivity index is 3.46. The third kappa shape index (κ3) is 5.14. The third-order valence-electron chi connectivity index (χ3n) is 0.470. The summed E-state index contributed by atoms with van der Waals surface area (Å²) in [6.45, 7) is 0. The lowest BCUT2D eigenvalue weighted by Gasteiger charge is -1.79. The van der Waals surface area contributed by atoms with E-state index >= 15 is 0 Å². The van der Waals surface area contributed by atoms with Crippen LogP contribution in [0.1, 0.15) is 0 Å². The Hall–Kier alpha value is -0.855. The van der Waals surface area contributed by atoms with E-state index < -0.39 is 0 Å². The second-order valence-electron chi connectivity index (χ2n) is 1.30. The van der Waals surface area contributed by atoms with Crippen molar-refractivity contribution in [2.75, 3.05) is 0 Å². The Kier molecular flexibility index (Phi) is 2.93. The van der Waals surface area contributed by atoms with E-state index in [2.05, 4.69) is 0 Å². The lowest BCUT2D eigenvalue weighted by molar-refractivity contribution is 1.52. The lowest BCUT2D eigenvalue weighted by Crippen LogP contribution is -1.93. The van der Waals surface area contributed by atoms with Gasteiger partial charge in [-0.1, -0.05) is 6.08 Å². The van der Waals surface area contributed by atoms with Crippen LogP contribution in [0.4, 0.5) is 0 Å². The Morgan fingerprint density at radius 2 is 2.14 bits per heavy atom. The smallest absolute Gasteiger partial charge is 0.159 e. The van der Waals surface area contributed by atoms with Crippen LogP contribution in [0.2, 0.25) is 0 Å². The normalized spacial score (nSPS) is 12.9. The van der Waals surface area contributed by atoms with Gasteiger partial charge in [0.25, 0.3) is 0 Å². The molecule has 0 amide bonds. The molecule has 38 valence electrons. The first kappa shape index (κ1) is 6.14. The highest BCUT2D eigenvalue weighted by Crippen LogP contribution is 1.72. The third-order valence-corrected chi connectivity index (χ3v) is 0.470. The maximum absolute atomic E-state index is 5.23. The van der Waals surface area contributed by atoms with Crippen LogP contribution in [0.25, 0.3) is 0 Å². The second kappa shape index (κ2) is 3.34. The minimum absolute atomic E-state index is 0.765. The highest BCUT2D eigenvalue weighted by atomic mass is 14.5. The molecule has 0 saturated heterocycles. The Bertz CT molecular complexity index is 91.9. The maximum Gasteiger partial charge on any atom is 0.159 e. The standard InChI is InChI=1S/C4H9BN2/c5-4(7)2-1-3-6/h1-3H,5-7H2/b3-1-,4-2-. The molecule has 4 N–H and O–H groups in total. The predicted octanol–water partition coefficient (Wildman–Crippen LogP) is -1.11. The first-order chi connectivity index (χ1) is 3.27. The van der Waals surface area contributed by atoms with Gasteiger partial charge in [0.2, 0.25) is 0 Å². The number of hydrogen-bond acceptors (Lipinski definition) is 2. The molecule has 2 nitrogen and oxygen atoms in total. The minimum atomic E-state index is 0.765. The van der Waals surface area contributed by atoms with Crippen LogP contribution in [0.5, 0.6) is 0 Å². The summed E-state index contributed by atoms with van der Waals surface area (Å²) in [7, 11) is 1.81. The molecule has 0 aliphatic carbocycles. The monoisotopic (exact) mass is 96.1 g/mol. The average molecular weight is 95.9 g/mol. The van der Waals surface area contributed by atoms with Gasteiger partial charge in [-0.15, -0.1) is 0 Å². The van der Waals surface area contributed by atoms with Crippen molar-refractivity contribution in [2.45, 2.75) is 0 Å². The summed E-state index contributed by atoms with van der Waals surface area (Å²) in [5.41, 5.74) is 11.0. The minimum Gasteiger partial charge on any atom is -0.410 e. The largest absolute Gasteiger partial charge is 0.410 e. The zero-order chi connectivity index (χ0) is 5.70. The molecule has 7 heavy (non-hydrogen) atoms. The van der Waals surface area contributed by atoms with Crippen molar-refractivity contribution in [3.8, 4) is 0 Å². The summed E-state index contributed by atoms with van der Waals surface area (Å²) in [6.07, 6.45) is 4.87. The topological polar surface area (TPSA) is 52.0 Å². The fourth-order valence-electron chi connectivity index (χ4n) is 0.207. The van der Waals surface area contributed by atoms with Gasteiger partial charge in [0.1, 0.15) is 0 Å². The van der Waals surface area contributed by atoms with Crippen LogP contribution < -0.4 is 11.5 Å². The molecular formula is C4H9BN2. The summed E-state index contributed by atoms with van der Waals surface area (Å²) in [5.74, 6) is 0. The lowest BCUT2D eigenvalue weighted by atomic mass is 10.1. The van der Waals surface area contributed by atoms with E-state index in [1.807, 2.05) is 0 Å². The fraction of sp³-hybridized carbons (Fsp3) is 0. The highest BCUT2D eigenvalue weighted by Gasteiger charge is 1.66. The summed E-state index contributed by atoms with van der Waals surface area (Å²) < 4.78 is 0. The van der Waals surface area contributed by atoms with Crippen LogP contribution >= 0.6 is 0 Å². The van der Waals surface area contributed by atoms with Crippen LogP contribution in [0.15, 0.2) is 23.9 Å². The molecule has 0 aromatic carbocycles. The predicted molar refractivity (Wildman–Crippen MR) is 34.1 cm³/mol. The Labute approximate surface area is 44.3 Å².